The number of nitrogens with zero attached hydrogens (tertiary/aromatic N) is 3. The Kier molecular flexibility index (Phi) is 3.15. The molecule has 1 heterocycles. The highest BCUT2D eigenvalue weighted by molar-refractivity contribution is 5.52. The molecule has 2 N–H and O–H groups in total. The van der Waals surface area contributed by atoms with Crippen LogP contribution < -0.4 is 5.73 Å². The van der Waals surface area contributed by atoms with Crippen molar-refractivity contribution in [3.63, 3.8) is 0 Å². The minimum atomic E-state index is -0.401. The zero-order valence-corrected chi connectivity index (χ0v) is 9.11. The molecule has 0 spiro atoms. The third-order valence-electron chi connectivity index (χ3n) is 2.42. The SMILES string of the molecule is NCCc1nccn1-c1ccccc1[N+](=O)[O-]. The van der Waals surface area contributed by atoms with E-state index >= 15 is 0 Å². The number of hydrogen-bond donors (Lipinski definition) is 1. The molecule has 0 aliphatic heterocycles. The second-order valence-corrected chi connectivity index (χ2v) is 3.50. The first kappa shape index (κ1) is 11.3. The van der Waals surface area contributed by atoms with Gasteiger partial charge in [0.25, 0.3) is 5.69 Å². The Hall–Kier alpha value is -2.21. The molecule has 2 rings (SSSR count). The molecule has 1 aromatic carbocycles. The van der Waals surface area contributed by atoms with Gasteiger partial charge in [-0.25, -0.2) is 4.98 Å². The Morgan fingerprint density at radius 2 is 2.18 bits per heavy atom. The van der Waals surface area contributed by atoms with Crippen molar-refractivity contribution in [1.82, 2.24) is 9.55 Å². The number of hydrogen-bond acceptors (Lipinski definition) is 4. The van der Waals surface area contributed by atoms with Crippen molar-refractivity contribution in [2.45, 2.75) is 6.42 Å². The lowest BCUT2D eigenvalue weighted by Crippen LogP contribution is -2.09. The molecule has 0 fully saturated rings. The van der Waals surface area contributed by atoms with E-state index in [1.807, 2.05) is 0 Å². The first-order valence-corrected chi connectivity index (χ1v) is 5.20. The van der Waals surface area contributed by atoms with Crippen molar-refractivity contribution >= 4 is 5.69 Å². The molecule has 0 amide bonds. The fourth-order valence-electron chi connectivity index (χ4n) is 1.69. The number of rotatable bonds is 4. The van der Waals surface area contributed by atoms with E-state index in [9.17, 15) is 10.1 Å². The van der Waals surface area contributed by atoms with E-state index in [2.05, 4.69) is 4.98 Å². The first-order chi connectivity index (χ1) is 8.24. The Labute approximate surface area is 97.9 Å². The molecule has 2 aromatic rings. The highest BCUT2D eigenvalue weighted by Gasteiger charge is 2.15. The van der Waals surface area contributed by atoms with Crippen LogP contribution in [0.1, 0.15) is 5.82 Å². The molecule has 6 nitrogen and oxygen atoms in total. The maximum atomic E-state index is 10.9. The van der Waals surface area contributed by atoms with Crippen LogP contribution in [0.3, 0.4) is 0 Å². The van der Waals surface area contributed by atoms with E-state index in [0.29, 0.717) is 18.7 Å². The smallest absolute Gasteiger partial charge is 0.293 e. The van der Waals surface area contributed by atoms with Crippen molar-refractivity contribution < 1.29 is 4.92 Å². The summed E-state index contributed by atoms with van der Waals surface area (Å²) >= 11 is 0. The fraction of sp³-hybridized carbons (Fsp3) is 0.182. The minimum Gasteiger partial charge on any atom is -0.330 e. The lowest BCUT2D eigenvalue weighted by atomic mass is 10.2. The van der Waals surface area contributed by atoms with Crippen LogP contribution in [0.25, 0.3) is 5.69 Å². The monoisotopic (exact) mass is 232 g/mol. The van der Waals surface area contributed by atoms with Crippen molar-refractivity contribution in [3.8, 4) is 5.69 Å². The summed E-state index contributed by atoms with van der Waals surface area (Å²) in [7, 11) is 0. The van der Waals surface area contributed by atoms with Crippen LogP contribution in [0, 0.1) is 10.1 Å². The number of nitro groups is 1. The largest absolute Gasteiger partial charge is 0.330 e. The Morgan fingerprint density at radius 3 is 2.88 bits per heavy atom. The number of nitrogens with two attached hydrogens (primary N) is 1. The molecule has 0 unspecified atom stereocenters. The summed E-state index contributed by atoms with van der Waals surface area (Å²) in [5, 5.41) is 10.9. The van der Waals surface area contributed by atoms with Gasteiger partial charge in [-0.2, -0.15) is 0 Å². The van der Waals surface area contributed by atoms with Gasteiger partial charge in [0.15, 0.2) is 0 Å². The van der Waals surface area contributed by atoms with Crippen LogP contribution in [0.15, 0.2) is 36.7 Å². The molecule has 1 aromatic heterocycles. The zero-order chi connectivity index (χ0) is 12.3. The van der Waals surface area contributed by atoms with Gasteiger partial charge in [0.05, 0.1) is 4.92 Å². The van der Waals surface area contributed by atoms with E-state index in [4.69, 9.17) is 5.73 Å². The quantitative estimate of drug-likeness (QED) is 0.635. The molecule has 0 bridgehead atoms. The number of aromatic nitrogens is 2. The summed E-state index contributed by atoms with van der Waals surface area (Å²) in [5.41, 5.74) is 6.05. The molecule has 0 saturated heterocycles. The summed E-state index contributed by atoms with van der Waals surface area (Å²) in [6.07, 6.45) is 3.90. The van der Waals surface area contributed by atoms with Crippen LogP contribution in [0.2, 0.25) is 0 Å². The van der Waals surface area contributed by atoms with Gasteiger partial charge in [-0.1, -0.05) is 12.1 Å². The highest BCUT2D eigenvalue weighted by atomic mass is 16.6. The van der Waals surface area contributed by atoms with Gasteiger partial charge in [0, 0.05) is 24.9 Å². The van der Waals surface area contributed by atoms with Crippen molar-refractivity contribution in [2.24, 2.45) is 5.73 Å². The normalized spacial score (nSPS) is 10.4. The maximum absolute atomic E-state index is 10.9. The molecule has 0 atom stereocenters. The molecule has 17 heavy (non-hydrogen) atoms. The fourth-order valence-corrected chi connectivity index (χ4v) is 1.69. The number of benzene rings is 1. The lowest BCUT2D eigenvalue weighted by Gasteiger charge is -2.07. The summed E-state index contributed by atoms with van der Waals surface area (Å²) in [6.45, 7) is 0.456. The Balaban J connectivity index is 2.52. The molecule has 6 heteroatoms. The van der Waals surface area contributed by atoms with Crippen LogP contribution in [0.4, 0.5) is 5.69 Å². The van der Waals surface area contributed by atoms with Gasteiger partial charge in [-0.3, -0.25) is 14.7 Å². The summed E-state index contributed by atoms with van der Waals surface area (Å²) in [4.78, 5) is 14.7. The average molecular weight is 232 g/mol. The molecule has 0 saturated carbocycles. The van der Waals surface area contributed by atoms with Gasteiger partial charge in [0.1, 0.15) is 11.5 Å². The third kappa shape index (κ3) is 2.16. The second-order valence-electron chi connectivity index (χ2n) is 3.50. The predicted molar refractivity (Wildman–Crippen MR) is 63.0 cm³/mol. The Morgan fingerprint density at radius 1 is 1.41 bits per heavy atom. The molecular weight excluding hydrogens is 220 g/mol. The Bertz CT molecular complexity index is 536. The van der Waals surface area contributed by atoms with E-state index < -0.39 is 4.92 Å². The van der Waals surface area contributed by atoms with Crippen molar-refractivity contribution in [2.75, 3.05) is 6.54 Å². The first-order valence-electron chi connectivity index (χ1n) is 5.20. The summed E-state index contributed by atoms with van der Waals surface area (Å²) in [5.74, 6) is 0.724. The summed E-state index contributed by atoms with van der Waals surface area (Å²) in [6, 6.07) is 6.57. The molecule has 88 valence electrons. The van der Waals surface area contributed by atoms with Crippen LogP contribution in [-0.2, 0) is 6.42 Å². The van der Waals surface area contributed by atoms with Gasteiger partial charge < -0.3 is 5.73 Å². The molecule has 0 aliphatic rings. The van der Waals surface area contributed by atoms with Gasteiger partial charge in [-0.15, -0.1) is 0 Å². The van der Waals surface area contributed by atoms with Crippen LogP contribution in [0.5, 0.6) is 0 Å². The number of para-hydroxylation sites is 2. The molecule has 0 aliphatic carbocycles. The van der Waals surface area contributed by atoms with E-state index in [-0.39, 0.29) is 5.69 Å². The lowest BCUT2D eigenvalue weighted by molar-refractivity contribution is -0.384. The predicted octanol–water partition coefficient (Wildman–Crippen LogP) is 1.28. The summed E-state index contributed by atoms with van der Waals surface area (Å²) < 4.78 is 1.70. The zero-order valence-electron chi connectivity index (χ0n) is 9.11. The number of nitro benzene ring substituents is 1. The van der Waals surface area contributed by atoms with E-state index in [0.717, 1.165) is 5.82 Å². The van der Waals surface area contributed by atoms with Gasteiger partial charge >= 0.3 is 0 Å². The molecular formula is C11H12N4O2. The van der Waals surface area contributed by atoms with E-state index in [1.54, 1.807) is 35.2 Å². The third-order valence-corrected chi connectivity index (χ3v) is 2.42. The van der Waals surface area contributed by atoms with Crippen molar-refractivity contribution in [3.05, 3.63) is 52.6 Å². The second kappa shape index (κ2) is 4.75. The minimum absolute atomic E-state index is 0.0590. The standard InChI is InChI=1S/C11H12N4O2/c12-6-5-11-13-7-8-14(11)9-3-1-2-4-10(9)15(16)17/h1-4,7-8H,5-6,12H2. The average Bonchev–Trinajstić information content (AvgIpc) is 2.77. The van der Waals surface area contributed by atoms with Crippen LogP contribution in [-0.4, -0.2) is 21.0 Å². The number of imidazole rings is 1. The topological polar surface area (TPSA) is 87.0 Å². The van der Waals surface area contributed by atoms with Crippen LogP contribution >= 0.6 is 0 Å². The highest BCUT2D eigenvalue weighted by Crippen LogP contribution is 2.23. The van der Waals surface area contributed by atoms with E-state index in [1.165, 1.54) is 6.07 Å². The van der Waals surface area contributed by atoms with Gasteiger partial charge in [-0.05, 0) is 12.6 Å². The van der Waals surface area contributed by atoms with Gasteiger partial charge in [0.2, 0.25) is 0 Å². The molecule has 0 radical (unpaired) electrons. The van der Waals surface area contributed by atoms with Crippen molar-refractivity contribution in [1.29, 1.82) is 0 Å². The maximum Gasteiger partial charge on any atom is 0.293 e.